The van der Waals surface area contributed by atoms with Crippen LogP contribution in [0.2, 0.25) is 0 Å². The maximum atomic E-state index is 11.8. The number of ether oxygens (including phenoxy) is 1. The Morgan fingerprint density at radius 1 is 1.25 bits per heavy atom. The Morgan fingerprint density at radius 2 is 2.00 bits per heavy atom. The van der Waals surface area contributed by atoms with E-state index in [1.165, 1.54) is 12.3 Å². The number of aromatic hydroxyl groups is 1. The summed E-state index contributed by atoms with van der Waals surface area (Å²) in [5, 5.41) is 13.5. The number of nitrogens with zero attached hydrogens (tertiary/aromatic N) is 1. The Morgan fingerprint density at radius 3 is 2.75 bits per heavy atom. The molecule has 0 aliphatic heterocycles. The predicted molar refractivity (Wildman–Crippen MR) is 101 cm³/mol. The lowest BCUT2D eigenvalue weighted by molar-refractivity contribution is -0.123. The number of aryl methyl sites for hydroxylation is 2. The van der Waals surface area contributed by atoms with Crippen molar-refractivity contribution in [3.63, 3.8) is 0 Å². The van der Waals surface area contributed by atoms with E-state index in [2.05, 4.69) is 42.4 Å². The predicted octanol–water partition coefficient (Wildman–Crippen LogP) is 4.06. The monoisotopic (exact) mass is 454 g/mol. The summed E-state index contributed by atoms with van der Waals surface area (Å²) in [6, 6.07) is 9.03. The minimum atomic E-state index is -0.371. The number of hydrazone groups is 1. The van der Waals surface area contributed by atoms with Gasteiger partial charge >= 0.3 is 0 Å². The minimum absolute atomic E-state index is 0.0873. The quantitative estimate of drug-likeness (QED) is 0.527. The van der Waals surface area contributed by atoms with Crippen LogP contribution in [-0.2, 0) is 4.79 Å². The van der Waals surface area contributed by atoms with Gasteiger partial charge in [0.05, 0.1) is 10.7 Å². The van der Waals surface area contributed by atoms with Crippen LogP contribution in [0.4, 0.5) is 0 Å². The fraction of sp³-hybridized carbons (Fsp3) is 0.176. The van der Waals surface area contributed by atoms with Crippen molar-refractivity contribution in [2.45, 2.75) is 13.8 Å². The zero-order valence-corrected chi connectivity index (χ0v) is 16.3. The molecule has 0 unspecified atom stereocenters. The van der Waals surface area contributed by atoms with Crippen LogP contribution in [0.5, 0.6) is 11.5 Å². The Balaban J connectivity index is 1.91. The molecule has 7 heteroatoms. The molecule has 126 valence electrons. The highest BCUT2D eigenvalue weighted by Crippen LogP contribution is 2.29. The van der Waals surface area contributed by atoms with Crippen LogP contribution in [0.3, 0.4) is 0 Å². The maximum Gasteiger partial charge on any atom is 0.277 e. The molecule has 24 heavy (non-hydrogen) atoms. The molecule has 0 heterocycles. The third-order valence-electron chi connectivity index (χ3n) is 3.16. The van der Waals surface area contributed by atoms with E-state index in [1.807, 2.05) is 32.0 Å². The normalized spacial score (nSPS) is 10.8. The average molecular weight is 456 g/mol. The lowest BCUT2D eigenvalue weighted by Gasteiger charge is -2.09. The lowest BCUT2D eigenvalue weighted by atomic mass is 10.1. The molecule has 0 atom stereocenters. The van der Waals surface area contributed by atoms with Gasteiger partial charge in [-0.2, -0.15) is 5.10 Å². The number of hydrogen-bond acceptors (Lipinski definition) is 4. The first-order valence-corrected chi connectivity index (χ1v) is 8.65. The molecule has 2 aromatic carbocycles. The van der Waals surface area contributed by atoms with Gasteiger partial charge in [0, 0.05) is 10.0 Å². The molecule has 2 rings (SSSR count). The first-order chi connectivity index (χ1) is 11.4. The molecule has 0 aliphatic rings. The molecule has 5 nitrogen and oxygen atoms in total. The highest BCUT2D eigenvalue weighted by molar-refractivity contribution is 9.11. The largest absolute Gasteiger partial charge is 0.507 e. The first kappa shape index (κ1) is 18.5. The van der Waals surface area contributed by atoms with Crippen molar-refractivity contribution in [3.8, 4) is 11.5 Å². The number of halogens is 2. The van der Waals surface area contributed by atoms with Gasteiger partial charge in [0.25, 0.3) is 5.91 Å². The van der Waals surface area contributed by atoms with Crippen LogP contribution in [0.25, 0.3) is 0 Å². The molecule has 2 N–H and O–H groups in total. The average Bonchev–Trinajstić information content (AvgIpc) is 2.53. The van der Waals surface area contributed by atoms with Crippen molar-refractivity contribution in [2.75, 3.05) is 6.61 Å². The number of nitrogens with one attached hydrogen (secondary N) is 1. The number of carbonyl (C=O) groups is 1. The SMILES string of the molecule is Cc1ccc(C)c(OCC(=O)N/N=C/c2cc(O)c(Br)cc2Br)c1. The Bertz CT molecular complexity index is 792. The Hall–Kier alpha value is -1.86. The fourth-order valence-corrected chi connectivity index (χ4v) is 2.96. The summed E-state index contributed by atoms with van der Waals surface area (Å²) in [5.41, 5.74) is 5.05. The Labute approximate surface area is 157 Å². The molecule has 0 aliphatic carbocycles. The molecule has 0 saturated carbocycles. The van der Waals surface area contributed by atoms with Gasteiger partial charge in [-0.05, 0) is 59.1 Å². The molecule has 0 fully saturated rings. The van der Waals surface area contributed by atoms with E-state index >= 15 is 0 Å². The van der Waals surface area contributed by atoms with Crippen LogP contribution >= 0.6 is 31.9 Å². The number of rotatable bonds is 5. The van der Waals surface area contributed by atoms with E-state index in [-0.39, 0.29) is 18.3 Å². The lowest BCUT2D eigenvalue weighted by Crippen LogP contribution is -2.24. The molecule has 0 bridgehead atoms. The molecule has 1 amide bonds. The van der Waals surface area contributed by atoms with Gasteiger partial charge in [0.1, 0.15) is 11.5 Å². The number of phenols is 1. The molecule has 0 saturated heterocycles. The van der Waals surface area contributed by atoms with E-state index in [4.69, 9.17) is 4.74 Å². The summed E-state index contributed by atoms with van der Waals surface area (Å²) in [7, 11) is 0. The molecular weight excluding hydrogens is 440 g/mol. The molecule has 0 radical (unpaired) electrons. The van der Waals surface area contributed by atoms with Gasteiger partial charge < -0.3 is 9.84 Å². The zero-order chi connectivity index (χ0) is 17.7. The van der Waals surface area contributed by atoms with Gasteiger partial charge in [-0.3, -0.25) is 4.79 Å². The summed E-state index contributed by atoms with van der Waals surface area (Å²) in [4.78, 5) is 11.8. The van der Waals surface area contributed by atoms with Gasteiger partial charge in [-0.15, -0.1) is 0 Å². The number of amides is 1. The van der Waals surface area contributed by atoms with Crippen LogP contribution in [0.1, 0.15) is 16.7 Å². The topological polar surface area (TPSA) is 70.9 Å². The van der Waals surface area contributed by atoms with Crippen LogP contribution < -0.4 is 10.2 Å². The summed E-state index contributed by atoms with van der Waals surface area (Å²) >= 11 is 6.57. The summed E-state index contributed by atoms with van der Waals surface area (Å²) in [6.07, 6.45) is 1.44. The van der Waals surface area contributed by atoms with Crippen molar-refractivity contribution >= 4 is 44.0 Å². The highest BCUT2D eigenvalue weighted by Gasteiger charge is 2.06. The number of benzene rings is 2. The van der Waals surface area contributed by atoms with E-state index in [9.17, 15) is 9.90 Å². The second-order valence-corrected chi connectivity index (χ2v) is 6.88. The van der Waals surface area contributed by atoms with Crippen molar-refractivity contribution < 1.29 is 14.6 Å². The fourth-order valence-electron chi connectivity index (χ4n) is 1.86. The van der Waals surface area contributed by atoms with E-state index in [1.54, 1.807) is 6.07 Å². The summed E-state index contributed by atoms with van der Waals surface area (Å²) in [6.45, 7) is 3.75. The van der Waals surface area contributed by atoms with Gasteiger partial charge in [0.2, 0.25) is 0 Å². The standard InChI is InChI=1S/C17H16Br2N2O3/c1-10-3-4-11(2)16(5-10)24-9-17(23)21-20-8-12-6-15(22)14(19)7-13(12)18/h3-8,22H,9H2,1-2H3,(H,21,23)/b20-8+. The van der Waals surface area contributed by atoms with Crippen molar-refractivity contribution in [3.05, 3.63) is 56.0 Å². The van der Waals surface area contributed by atoms with Crippen molar-refractivity contribution in [2.24, 2.45) is 5.10 Å². The van der Waals surface area contributed by atoms with Crippen LogP contribution in [-0.4, -0.2) is 23.8 Å². The van der Waals surface area contributed by atoms with Gasteiger partial charge in [-0.25, -0.2) is 5.43 Å². The van der Waals surface area contributed by atoms with Gasteiger partial charge in [0.15, 0.2) is 6.61 Å². The van der Waals surface area contributed by atoms with Crippen molar-refractivity contribution in [1.82, 2.24) is 5.43 Å². The third kappa shape index (κ3) is 5.07. The minimum Gasteiger partial charge on any atom is -0.507 e. The summed E-state index contributed by atoms with van der Waals surface area (Å²) in [5.74, 6) is 0.392. The van der Waals surface area contributed by atoms with E-state index in [0.717, 1.165) is 15.6 Å². The first-order valence-electron chi connectivity index (χ1n) is 7.07. The van der Waals surface area contributed by atoms with Crippen LogP contribution in [0, 0.1) is 13.8 Å². The molecular formula is C17H16Br2N2O3. The number of carbonyl (C=O) groups excluding carboxylic acids is 1. The smallest absolute Gasteiger partial charge is 0.277 e. The third-order valence-corrected chi connectivity index (χ3v) is 4.48. The van der Waals surface area contributed by atoms with Crippen molar-refractivity contribution in [1.29, 1.82) is 0 Å². The van der Waals surface area contributed by atoms with E-state index in [0.29, 0.717) is 15.8 Å². The van der Waals surface area contributed by atoms with Gasteiger partial charge in [-0.1, -0.05) is 28.1 Å². The molecule has 0 aromatic heterocycles. The van der Waals surface area contributed by atoms with E-state index < -0.39 is 0 Å². The Kier molecular flexibility index (Phi) is 6.39. The highest BCUT2D eigenvalue weighted by atomic mass is 79.9. The second kappa shape index (κ2) is 8.30. The summed E-state index contributed by atoms with van der Waals surface area (Å²) < 4.78 is 6.80. The van der Waals surface area contributed by atoms with Crippen LogP contribution in [0.15, 0.2) is 44.4 Å². The maximum absolute atomic E-state index is 11.8. The second-order valence-electron chi connectivity index (χ2n) is 5.18. The molecule has 0 spiro atoms. The number of phenolic OH excluding ortho intramolecular Hbond substituents is 1. The zero-order valence-electron chi connectivity index (χ0n) is 13.1. The number of hydrogen-bond donors (Lipinski definition) is 2. The molecule has 2 aromatic rings.